The van der Waals surface area contributed by atoms with Crippen LogP contribution >= 0.6 is 11.6 Å². The molecule has 0 aliphatic rings. The molecule has 0 radical (unpaired) electrons. The van der Waals surface area contributed by atoms with Gasteiger partial charge in [-0.25, -0.2) is 10.1 Å². The van der Waals surface area contributed by atoms with Crippen molar-refractivity contribution in [1.29, 1.82) is 0 Å². The first kappa shape index (κ1) is 27.0. The molecule has 5 aromatic carbocycles. The van der Waals surface area contributed by atoms with Crippen molar-refractivity contribution in [2.75, 3.05) is 0 Å². The van der Waals surface area contributed by atoms with Crippen molar-refractivity contribution < 1.29 is 9.53 Å². The Balaban J connectivity index is 1.19. The number of ether oxygens (including phenoxy) is 1. The molecule has 0 atom stereocenters. The Hall–Kier alpha value is -5.20. The van der Waals surface area contributed by atoms with Crippen LogP contribution in [0.3, 0.4) is 0 Å². The summed E-state index contributed by atoms with van der Waals surface area (Å²) in [7, 11) is 0. The fourth-order valence-corrected chi connectivity index (χ4v) is 4.87. The second kappa shape index (κ2) is 12.1. The lowest BCUT2D eigenvalue weighted by molar-refractivity contribution is 0.0949. The summed E-state index contributed by atoms with van der Waals surface area (Å²) in [6.45, 7) is 2.40. The zero-order valence-electron chi connectivity index (χ0n) is 22.9. The predicted molar refractivity (Wildman–Crippen MR) is 169 cm³/mol. The van der Waals surface area contributed by atoms with Crippen LogP contribution in [0.25, 0.3) is 27.7 Å². The van der Waals surface area contributed by atoms with E-state index in [0.717, 1.165) is 44.4 Å². The first-order valence-corrected chi connectivity index (χ1v) is 13.9. The average molecular weight is 571 g/mol. The maximum Gasteiger partial charge on any atom is 0.291 e. The number of fused-ring (bicyclic) bond motifs is 1. The number of nitrogens with one attached hydrogen (secondary N) is 1. The lowest BCUT2D eigenvalue weighted by Crippen LogP contribution is -2.18. The Morgan fingerprint density at radius 1 is 0.881 bits per heavy atom. The van der Waals surface area contributed by atoms with E-state index < -0.39 is 5.91 Å². The van der Waals surface area contributed by atoms with Crippen molar-refractivity contribution >= 4 is 34.5 Å². The maximum absolute atomic E-state index is 13.1. The molecule has 1 aromatic heterocycles. The Morgan fingerprint density at radius 2 is 1.62 bits per heavy atom. The summed E-state index contributed by atoms with van der Waals surface area (Å²) >= 11 is 6.21. The highest BCUT2D eigenvalue weighted by Crippen LogP contribution is 2.28. The number of hydrogen-bond acceptors (Lipinski definition) is 4. The molecule has 0 bridgehead atoms. The zero-order valence-corrected chi connectivity index (χ0v) is 23.6. The molecule has 0 spiro atoms. The third-order valence-electron chi connectivity index (χ3n) is 6.94. The van der Waals surface area contributed by atoms with E-state index in [4.69, 9.17) is 21.4 Å². The number of hydrazone groups is 1. The van der Waals surface area contributed by atoms with Gasteiger partial charge in [0.05, 0.1) is 17.6 Å². The summed E-state index contributed by atoms with van der Waals surface area (Å²) in [5, 5.41) is 11.8. The van der Waals surface area contributed by atoms with E-state index in [1.54, 1.807) is 12.3 Å². The molecule has 0 unspecified atom stereocenters. The standard InChI is InChI=1S/C35H27ClN4O2/c1-24-8-2-7-13-33(24)40-34(28-17-16-26-9-3-4-10-27(26)20-28)21-32(39-40)35(41)38-37-22-25-14-18-30(19-15-25)42-23-29-11-5-6-12-31(29)36/h2-22H,23H2,1H3,(H,38,41)/b37-22-. The van der Waals surface area contributed by atoms with Crippen LogP contribution < -0.4 is 10.2 Å². The Labute approximate surface area is 248 Å². The fourth-order valence-electron chi connectivity index (χ4n) is 4.68. The normalized spacial score (nSPS) is 11.2. The van der Waals surface area contributed by atoms with Crippen LogP contribution in [0.2, 0.25) is 5.02 Å². The van der Waals surface area contributed by atoms with Gasteiger partial charge in [0.2, 0.25) is 0 Å². The van der Waals surface area contributed by atoms with Crippen molar-refractivity contribution in [3.63, 3.8) is 0 Å². The molecular weight excluding hydrogens is 544 g/mol. The van der Waals surface area contributed by atoms with Gasteiger partial charge in [0, 0.05) is 16.1 Å². The number of aromatic nitrogens is 2. The van der Waals surface area contributed by atoms with E-state index in [1.807, 2.05) is 96.5 Å². The molecule has 0 saturated heterocycles. The smallest absolute Gasteiger partial charge is 0.291 e. The van der Waals surface area contributed by atoms with Gasteiger partial charge in [-0.3, -0.25) is 4.79 Å². The molecule has 0 aliphatic heterocycles. The van der Waals surface area contributed by atoms with Crippen LogP contribution in [-0.4, -0.2) is 21.9 Å². The highest BCUT2D eigenvalue weighted by Gasteiger charge is 2.18. The summed E-state index contributed by atoms with van der Waals surface area (Å²) < 4.78 is 7.66. The van der Waals surface area contributed by atoms with Gasteiger partial charge in [-0.1, -0.05) is 84.4 Å². The first-order valence-electron chi connectivity index (χ1n) is 13.5. The molecule has 1 N–H and O–H groups in total. The third kappa shape index (κ3) is 5.94. The van der Waals surface area contributed by atoms with Gasteiger partial charge >= 0.3 is 0 Å². The van der Waals surface area contributed by atoms with Crippen LogP contribution in [0.1, 0.15) is 27.2 Å². The monoisotopic (exact) mass is 570 g/mol. The van der Waals surface area contributed by atoms with Crippen molar-refractivity contribution in [2.45, 2.75) is 13.5 Å². The molecule has 6 rings (SSSR count). The summed E-state index contributed by atoms with van der Waals surface area (Å²) in [5.74, 6) is 0.305. The second-order valence-electron chi connectivity index (χ2n) is 9.82. The molecule has 1 amide bonds. The molecule has 6 aromatic rings. The number of nitrogens with zero attached hydrogens (tertiary/aromatic N) is 3. The van der Waals surface area contributed by atoms with Crippen molar-refractivity contribution in [3.8, 4) is 22.7 Å². The number of para-hydroxylation sites is 1. The number of carbonyl (C=O) groups is 1. The number of hydrogen-bond donors (Lipinski definition) is 1. The Morgan fingerprint density at radius 3 is 2.43 bits per heavy atom. The van der Waals surface area contributed by atoms with Gasteiger partial charge in [-0.05, 0) is 77.4 Å². The second-order valence-corrected chi connectivity index (χ2v) is 10.2. The number of amides is 1. The molecule has 0 aliphatic carbocycles. The molecule has 6 nitrogen and oxygen atoms in total. The summed E-state index contributed by atoms with van der Waals surface area (Å²) in [6, 6.07) is 39.2. The SMILES string of the molecule is Cc1ccccc1-n1nc(C(=O)N/N=C\c2ccc(OCc3ccccc3Cl)cc2)cc1-c1ccc2ccccc2c1. The maximum atomic E-state index is 13.1. The quantitative estimate of drug-likeness (QED) is 0.149. The summed E-state index contributed by atoms with van der Waals surface area (Å²) in [6.07, 6.45) is 1.58. The topological polar surface area (TPSA) is 68.5 Å². The molecule has 1 heterocycles. The highest BCUT2D eigenvalue weighted by molar-refractivity contribution is 6.31. The number of benzene rings is 5. The van der Waals surface area contributed by atoms with Crippen molar-refractivity contribution in [1.82, 2.24) is 15.2 Å². The molecular formula is C35H27ClN4O2. The van der Waals surface area contributed by atoms with Gasteiger partial charge in [-0.15, -0.1) is 0 Å². The van der Waals surface area contributed by atoms with Gasteiger partial charge in [-0.2, -0.15) is 10.2 Å². The van der Waals surface area contributed by atoms with E-state index >= 15 is 0 Å². The van der Waals surface area contributed by atoms with Crippen LogP contribution in [-0.2, 0) is 6.61 Å². The highest BCUT2D eigenvalue weighted by atomic mass is 35.5. The van der Waals surface area contributed by atoms with Gasteiger partial charge in [0.15, 0.2) is 5.69 Å². The minimum absolute atomic E-state index is 0.266. The molecule has 0 fully saturated rings. The molecule has 7 heteroatoms. The number of halogens is 1. The number of aryl methyl sites for hydroxylation is 1. The van der Waals surface area contributed by atoms with Crippen LogP contribution in [0.15, 0.2) is 126 Å². The Bertz CT molecular complexity index is 1910. The van der Waals surface area contributed by atoms with E-state index in [2.05, 4.69) is 40.9 Å². The molecule has 42 heavy (non-hydrogen) atoms. The Kier molecular flexibility index (Phi) is 7.79. The van der Waals surface area contributed by atoms with E-state index in [-0.39, 0.29) is 5.69 Å². The minimum atomic E-state index is -0.402. The fraction of sp³-hybridized carbons (Fsp3) is 0.0571. The van der Waals surface area contributed by atoms with Gasteiger partial charge < -0.3 is 4.74 Å². The van der Waals surface area contributed by atoms with E-state index in [9.17, 15) is 4.79 Å². The van der Waals surface area contributed by atoms with Crippen LogP contribution in [0.4, 0.5) is 0 Å². The summed E-state index contributed by atoms with van der Waals surface area (Å²) in [5.41, 5.74) is 8.33. The molecule has 206 valence electrons. The number of carbonyl (C=O) groups excluding carboxylic acids is 1. The average Bonchev–Trinajstić information content (AvgIpc) is 3.47. The molecule has 0 saturated carbocycles. The first-order chi connectivity index (χ1) is 20.5. The van der Waals surface area contributed by atoms with Crippen LogP contribution in [0.5, 0.6) is 5.75 Å². The zero-order chi connectivity index (χ0) is 28.9. The predicted octanol–water partition coefficient (Wildman–Crippen LogP) is 8.00. The lowest BCUT2D eigenvalue weighted by atomic mass is 10.0. The van der Waals surface area contributed by atoms with Gasteiger partial charge in [0.25, 0.3) is 5.91 Å². The van der Waals surface area contributed by atoms with Crippen LogP contribution in [0, 0.1) is 6.92 Å². The summed E-state index contributed by atoms with van der Waals surface area (Å²) in [4.78, 5) is 13.1. The van der Waals surface area contributed by atoms with E-state index in [1.165, 1.54) is 0 Å². The van der Waals surface area contributed by atoms with Crippen molar-refractivity contribution in [2.24, 2.45) is 5.10 Å². The van der Waals surface area contributed by atoms with E-state index in [0.29, 0.717) is 17.4 Å². The van der Waals surface area contributed by atoms with Gasteiger partial charge in [0.1, 0.15) is 12.4 Å². The largest absolute Gasteiger partial charge is 0.489 e. The van der Waals surface area contributed by atoms with Crippen molar-refractivity contribution in [3.05, 3.63) is 149 Å². The third-order valence-corrected chi connectivity index (χ3v) is 7.31. The lowest BCUT2D eigenvalue weighted by Gasteiger charge is -2.11. The minimum Gasteiger partial charge on any atom is -0.489 e. The number of rotatable bonds is 8.